The summed E-state index contributed by atoms with van der Waals surface area (Å²) in [5.41, 5.74) is 1.02. The van der Waals surface area contributed by atoms with Crippen molar-refractivity contribution in [2.45, 2.75) is 6.92 Å². The lowest BCUT2D eigenvalue weighted by atomic mass is 10.3. The summed E-state index contributed by atoms with van der Waals surface area (Å²) in [6.07, 6.45) is 0. The molecule has 4 nitrogen and oxygen atoms in total. The lowest BCUT2D eigenvalue weighted by molar-refractivity contribution is 0.404. The van der Waals surface area contributed by atoms with Gasteiger partial charge in [0.25, 0.3) is 0 Å². The molecule has 0 spiro atoms. The number of nitrogens with zero attached hydrogens (tertiary/aromatic N) is 1. The van der Waals surface area contributed by atoms with Gasteiger partial charge in [-0.15, -0.1) is 0 Å². The molecular formula is C8H7NO3. The minimum absolute atomic E-state index is 0.184. The molecule has 2 rings (SSSR count). The summed E-state index contributed by atoms with van der Waals surface area (Å²) < 4.78 is 5.12. The number of phenolic OH excluding ortho intramolecular Hbond substituents is 2. The standard InChI is InChI=1S/C8H7NO3/c1-4-9-5-2-6(10)7(11)3-8(5)12-4/h2-3,10-11H,1H3. The van der Waals surface area contributed by atoms with Crippen LogP contribution in [-0.2, 0) is 0 Å². The van der Waals surface area contributed by atoms with Crippen LogP contribution in [0.4, 0.5) is 0 Å². The van der Waals surface area contributed by atoms with Crippen LogP contribution in [0.2, 0.25) is 0 Å². The Hall–Kier alpha value is -1.71. The Labute approximate surface area is 68.1 Å². The van der Waals surface area contributed by atoms with Gasteiger partial charge in [-0.2, -0.15) is 0 Å². The first-order valence-corrected chi connectivity index (χ1v) is 3.46. The van der Waals surface area contributed by atoms with Gasteiger partial charge < -0.3 is 14.6 Å². The predicted molar refractivity (Wildman–Crippen MR) is 42.1 cm³/mol. The van der Waals surface area contributed by atoms with Crippen molar-refractivity contribution >= 4 is 11.1 Å². The van der Waals surface area contributed by atoms with Crippen LogP contribution in [0.3, 0.4) is 0 Å². The van der Waals surface area contributed by atoms with E-state index in [2.05, 4.69) is 4.98 Å². The Morgan fingerprint density at radius 3 is 2.67 bits per heavy atom. The first-order valence-electron chi connectivity index (χ1n) is 3.46. The highest BCUT2D eigenvalue weighted by Gasteiger charge is 2.06. The predicted octanol–water partition coefficient (Wildman–Crippen LogP) is 1.55. The largest absolute Gasteiger partial charge is 0.504 e. The zero-order valence-corrected chi connectivity index (χ0v) is 6.40. The van der Waals surface area contributed by atoms with E-state index in [1.165, 1.54) is 12.1 Å². The second-order valence-corrected chi connectivity index (χ2v) is 2.54. The van der Waals surface area contributed by atoms with E-state index in [1.54, 1.807) is 6.92 Å². The van der Waals surface area contributed by atoms with Gasteiger partial charge >= 0.3 is 0 Å². The quantitative estimate of drug-likeness (QED) is 0.581. The number of aromatic nitrogens is 1. The maximum atomic E-state index is 9.09. The van der Waals surface area contributed by atoms with E-state index in [1.807, 2.05) is 0 Å². The summed E-state index contributed by atoms with van der Waals surface area (Å²) in [4.78, 5) is 3.98. The summed E-state index contributed by atoms with van der Waals surface area (Å²) >= 11 is 0. The number of fused-ring (bicyclic) bond motifs is 1. The number of rotatable bonds is 0. The van der Waals surface area contributed by atoms with E-state index in [9.17, 15) is 0 Å². The van der Waals surface area contributed by atoms with Crippen LogP contribution in [0.25, 0.3) is 11.1 Å². The number of benzene rings is 1. The molecule has 0 atom stereocenters. The Kier molecular flexibility index (Phi) is 1.24. The SMILES string of the molecule is Cc1nc2cc(O)c(O)cc2o1. The van der Waals surface area contributed by atoms with Crippen LogP contribution in [0.1, 0.15) is 5.89 Å². The monoisotopic (exact) mass is 165 g/mol. The number of phenols is 2. The molecule has 0 saturated carbocycles. The van der Waals surface area contributed by atoms with E-state index < -0.39 is 0 Å². The van der Waals surface area contributed by atoms with Crippen LogP contribution in [0, 0.1) is 6.92 Å². The van der Waals surface area contributed by atoms with Crippen molar-refractivity contribution in [3.63, 3.8) is 0 Å². The first kappa shape index (κ1) is 6.97. The number of aromatic hydroxyl groups is 2. The molecule has 0 bridgehead atoms. The molecule has 4 heteroatoms. The van der Waals surface area contributed by atoms with Crippen LogP contribution >= 0.6 is 0 Å². The molecular weight excluding hydrogens is 158 g/mol. The summed E-state index contributed by atoms with van der Waals surface area (Å²) in [5, 5.41) is 18.2. The molecule has 0 saturated heterocycles. The molecule has 62 valence electrons. The minimum atomic E-state index is -0.196. The Morgan fingerprint density at radius 2 is 1.92 bits per heavy atom. The molecule has 2 aromatic rings. The lowest BCUT2D eigenvalue weighted by Gasteiger charge is -1.93. The van der Waals surface area contributed by atoms with Crippen LogP contribution in [-0.4, -0.2) is 15.2 Å². The zero-order valence-electron chi connectivity index (χ0n) is 6.40. The van der Waals surface area contributed by atoms with E-state index in [0.29, 0.717) is 17.0 Å². The molecule has 0 fully saturated rings. The Bertz CT molecular complexity index is 394. The van der Waals surface area contributed by atoms with E-state index in [4.69, 9.17) is 14.6 Å². The van der Waals surface area contributed by atoms with Crippen LogP contribution < -0.4 is 0 Å². The fourth-order valence-corrected chi connectivity index (χ4v) is 1.07. The third-order valence-corrected chi connectivity index (χ3v) is 1.59. The van der Waals surface area contributed by atoms with E-state index in [-0.39, 0.29) is 11.5 Å². The van der Waals surface area contributed by atoms with Gasteiger partial charge in [0.2, 0.25) is 0 Å². The smallest absolute Gasteiger partial charge is 0.192 e. The molecule has 1 aromatic heterocycles. The van der Waals surface area contributed by atoms with E-state index in [0.717, 1.165) is 0 Å². The van der Waals surface area contributed by atoms with Gasteiger partial charge in [-0.3, -0.25) is 0 Å². The van der Waals surface area contributed by atoms with Crippen molar-refractivity contribution in [2.75, 3.05) is 0 Å². The molecule has 0 aliphatic carbocycles. The average molecular weight is 165 g/mol. The molecule has 1 aromatic carbocycles. The summed E-state index contributed by atoms with van der Waals surface area (Å²) in [6, 6.07) is 2.70. The molecule has 0 aliphatic heterocycles. The third-order valence-electron chi connectivity index (χ3n) is 1.59. The molecule has 2 N–H and O–H groups in total. The molecule has 12 heavy (non-hydrogen) atoms. The van der Waals surface area contributed by atoms with E-state index >= 15 is 0 Å². The minimum Gasteiger partial charge on any atom is -0.504 e. The zero-order chi connectivity index (χ0) is 8.72. The van der Waals surface area contributed by atoms with Crippen molar-refractivity contribution in [2.24, 2.45) is 0 Å². The van der Waals surface area contributed by atoms with Crippen molar-refractivity contribution < 1.29 is 14.6 Å². The Balaban J connectivity index is 2.83. The molecule has 1 heterocycles. The van der Waals surface area contributed by atoms with Gasteiger partial charge in [0.1, 0.15) is 5.52 Å². The topological polar surface area (TPSA) is 66.5 Å². The van der Waals surface area contributed by atoms with Crippen LogP contribution in [0.5, 0.6) is 11.5 Å². The van der Waals surface area contributed by atoms with Gasteiger partial charge in [0.05, 0.1) is 0 Å². The fourth-order valence-electron chi connectivity index (χ4n) is 1.07. The summed E-state index contributed by atoms with van der Waals surface area (Å²) in [6.45, 7) is 1.70. The van der Waals surface area contributed by atoms with Gasteiger partial charge in [-0.25, -0.2) is 4.98 Å². The summed E-state index contributed by atoms with van der Waals surface area (Å²) in [7, 11) is 0. The molecule has 0 amide bonds. The first-order chi connectivity index (χ1) is 5.66. The highest BCUT2D eigenvalue weighted by atomic mass is 16.3. The third kappa shape index (κ3) is 0.887. The number of hydrogen-bond donors (Lipinski definition) is 2. The van der Waals surface area contributed by atoms with Crippen molar-refractivity contribution in [1.29, 1.82) is 0 Å². The lowest BCUT2D eigenvalue weighted by Crippen LogP contribution is -1.70. The van der Waals surface area contributed by atoms with Gasteiger partial charge in [0, 0.05) is 19.1 Å². The highest BCUT2D eigenvalue weighted by molar-refractivity contribution is 5.77. The maximum absolute atomic E-state index is 9.09. The molecule has 0 radical (unpaired) electrons. The highest BCUT2D eigenvalue weighted by Crippen LogP contribution is 2.29. The normalized spacial score (nSPS) is 10.8. The summed E-state index contributed by atoms with van der Waals surface area (Å²) in [5.74, 6) is 0.129. The average Bonchev–Trinajstić information content (AvgIpc) is 2.30. The second kappa shape index (κ2) is 2.14. The number of hydrogen-bond acceptors (Lipinski definition) is 4. The van der Waals surface area contributed by atoms with Crippen molar-refractivity contribution in [1.82, 2.24) is 4.98 Å². The fraction of sp³-hybridized carbons (Fsp3) is 0.125. The van der Waals surface area contributed by atoms with Gasteiger partial charge in [0.15, 0.2) is 23.0 Å². The molecule has 0 aliphatic rings. The Morgan fingerprint density at radius 1 is 1.25 bits per heavy atom. The number of aryl methyl sites for hydroxylation is 1. The van der Waals surface area contributed by atoms with Crippen LogP contribution in [0.15, 0.2) is 16.5 Å². The van der Waals surface area contributed by atoms with Crippen molar-refractivity contribution in [3.8, 4) is 11.5 Å². The van der Waals surface area contributed by atoms with Gasteiger partial charge in [-0.1, -0.05) is 0 Å². The number of oxazole rings is 1. The maximum Gasteiger partial charge on any atom is 0.192 e. The molecule has 0 unspecified atom stereocenters. The van der Waals surface area contributed by atoms with Gasteiger partial charge in [-0.05, 0) is 0 Å². The second-order valence-electron chi connectivity index (χ2n) is 2.54. The van der Waals surface area contributed by atoms with Crippen molar-refractivity contribution in [3.05, 3.63) is 18.0 Å².